The van der Waals surface area contributed by atoms with E-state index in [9.17, 15) is 14.7 Å². The minimum Gasteiger partial charge on any atom is -0.366 e. The van der Waals surface area contributed by atoms with Crippen LogP contribution < -0.4 is 5.43 Å². The molecule has 2 saturated heterocycles. The number of benzene rings is 1. The Morgan fingerprint density at radius 2 is 1.91 bits per heavy atom. The van der Waals surface area contributed by atoms with Crippen molar-refractivity contribution >= 4 is 11.8 Å². The fraction of sp³-hybridized carbons (Fsp3) is 0.529. The van der Waals surface area contributed by atoms with E-state index >= 15 is 0 Å². The summed E-state index contributed by atoms with van der Waals surface area (Å²) in [5, 5.41) is 12.4. The van der Waals surface area contributed by atoms with Gasteiger partial charge >= 0.3 is 0 Å². The highest BCUT2D eigenvalue weighted by atomic mass is 16.3. The van der Waals surface area contributed by atoms with Gasteiger partial charge in [-0.2, -0.15) is 5.43 Å². The third-order valence-electron chi connectivity index (χ3n) is 4.73. The Morgan fingerprint density at radius 3 is 2.43 bits per heavy atom. The fourth-order valence-electron chi connectivity index (χ4n) is 3.55. The normalized spacial score (nSPS) is 30.7. The van der Waals surface area contributed by atoms with Crippen molar-refractivity contribution in [2.75, 3.05) is 6.54 Å². The second kappa shape index (κ2) is 5.04. The van der Waals surface area contributed by atoms with Crippen LogP contribution in [0.4, 0.5) is 0 Å². The van der Waals surface area contributed by atoms with Gasteiger partial charge in [0.25, 0.3) is 5.91 Å². The summed E-state index contributed by atoms with van der Waals surface area (Å²) in [5.41, 5.74) is 1.56. The Bertz CT molecular complexity index is 640. The third kappa shape index (κ3) is 2.33. The summed E-state index contributed by atoms with van der Waals surface area (Å²) >= 11 is 0. The lowest BCUT2D eigenvalue weighted by molar-refractivity contribution is -0.154. The molecule has 2 heterocycles. The molecule has 2 amide bonds. The van der Waals surface area contributed by atoms with Crippen molar-refractivity contribution < 1.29 is 14.7 Å². The zero-order valence-corrected chi connectivity index (χ0v) is 13.9. The van der Waals surface area contributed by atoms with Crippen LogP contribution in [0.3, 0.4) is 0 Å². The zero-order valence-electron chi connectivity index (χ0n) is 13.9. The molecule has 23 heavy (non-hydrogen) atoms. The number of hydrogen-bond acceptors (Lipinski definition) is 4. The minimum absolute atomic E-state index is 0.225. The Hall–Kier alpha value is -1.92. The molecule has 0 saturated carbocycles. The van der Waals surface area contributed by atoms with Crippen LogP contribution in [-0.2, 0) is 9.59 Å². The van der Waals surface area contributed by atoms with Crippen molar-refractivity contribution in [1.82, 2.24) is 15.3 Å². The molecule has 0 spiro atoms. The first-order valence-electron chi connectivity index (χ1n) is 7.83. The maximum absolute atomic E-state index is 12.8. The first-order chi connectivity index (χ1) is 10.7. The summed E-state index contributed by atoms with van der Waals surface area (Å²) in [5.74, 6) is -1.02. The number of nitrogens with zero attached hydrogens (tertiary/aromatic N) is 2. The predicted octanol–water partition coefficient (Wildman–Crippen LogP) is 1.04. The standard InChI is InChI=1S/C17H23N3O3/c1-11(21)20-14(12-8-6-5-7-9-12)13-10-19(16(2,3)4)15(22)17(13,23)18-20/h5-9,13-14,18,23H,10H2,1-4H3/t13-,14+,17-/m1/s1. The molecule has 1 aromatic carbocycles. The molecule has 2 fully saturated rings. The van der Waals surface area contributed by atoms with Gasteiger partial charge in [-0.15, -0.1) is 0 Å². The summed E-state index contributed by atoms with van der Waals surface area (Å²) in [6, 6.07) is 9.13. The lowest BCUT2D eigenvalue weighted by Crippen LogP contribution is -2.57. The van der Waals surface area contributed by atoms with E-state index in [0.717, 1.165) is 5.56 Å². The number of aliphatic hydroxyl groups is 1. The van der Waals surface area contributed by atoms with E-state index in [2.05, 4.69) is 5.43 Å². The number of rotatable bonds is 1. The van der Waals surface area contributed by atoms with Gasteiger partial charge < -0.3 is 10.0 Å². The van der Waals surface area contributed by atoms with Gasteiger partial charge in [-0.1, -0.05) is 30.3 Å². The lowest BCUT2D eigenvalue weighted by atomic mass is 9.89. The van der Waals surface area contributed by atoms with Gasteiger partial charge in [-0.25, -0.2) is 0 Å². The van der Waals surface area contributed by atoms with Gasteiger partial charge in [0.1, 0.15) is 0 Å². The van der Waals surface area contributed by atoms with Crippen LogP contribution in [0.5, 0.6) is 0 Å². The average molecular weight is 317 g/mol. The third-order valence-corrected chi connectivity index (χ3v) is 4.73. The molecule has 0 aromatic heterocycles. The van der Waals surface area contributed by atoms with Crippen molar-refractivity contribution in [3.63, 3.8) is 0 Å². The van der Waals surface area contributed by atoms with Gasteiger partial charge in [-0.3, -0.25) is 14.6 Å². The van der Waals surface area contributed by atoms with Crippen molar-refractivity contribution in [1.29, 1.82) is 0 Å². The van der Waals surface area contributed by atoms with Crippen molar-refractivity contribution in [3.8, 4) is 0 Å². The minimum atomic E-state index is -1.74. The molecule has 2 N–H and O–H groups in total. The lowest BCUT2D eigenvalue weighted by Gasteiger charge is -2.35. The second-order valence-corrected chi connectivity index (χ2v) is 7.32. The largest absolute Gasteiger partial charge is 0.366 e. The first-order valence-corrected chi connectivity index (χ1v) is 7.83. The molecule has 1 aromatic rings. The molecular formula is C17H23N3O3. The van der Waals surface area contributed by atoms with Crippen LogP contribution in [0.25, 0.3) is 0 Å². The molecule has 2 aliphatic heterocycles. The highest BCUT2D eigenvalue weighted by Gasteiger charge is 2.64. The van der Waals surface area contributed by atoms with Crippen molar-refractivity contribution in [3.05, 3.63) is 35.9 Å². The molecule has 0 radical (unpaired) electrons. The summed E-state index contributed by atoms with van der Waals surface area (Å²) in [7, 11) is 0. The molecule has 2 aliphatic rings. The van der Waals surface area contributed by atoms with Gasteiger partial charge in [-0.05, 0) is 26.3 Å². The highest BCUT2D eigenvalue weighted by Crippen LogP contribution is 2.46. The smallest absolute Gasteiger partial charge is 0.272 e. The van der Waals surface area contributed by atoms with E-state index in [0.29, 0.717) is 6.54 Å². The maximum Gasteiger partial charge on any atom is 0.272 e. The van der Waals surface area contributed by atoms with Gasteiger partial charge in [0, 0.05) is 19.0 Å². The first kappa shape index (κ1) is 16.0. The Balaban J connectivity index is 2.05. The van der Waals surface area contributed by atoms with Crippen LogP contribution >= 0.6 is 0 Å². The van der Waals surface area contributed by atoms with E-state index in [1.165, 1.54) is 11.9 Å². The Kier molecular flexibility index (Phi) is 3.50. The predicted molar refractivity (Wildman–Crippen MR) is 84.7 cm³/mol. The van der Waals surface area contributed by atoms with Gasteiger partial charge in [0.15, 0.2) is 0 Å². The molecule has 6 nitrogen and oxygen atoms in total. The second-order valence-electron chi connectivity index (χ2n) is 7.32. The monoisotopic (exact) mass is 317 g/mol. The van der Waals surface area contributed by atoms with Crippen LogP contribution in [-0.4, -0.2) is 44.6 Å². The molecule has 3 atom stereocenters. The van der Waals surface area contributed by atoms with Crippen LogP contribution in [0, 0.1) is 5.92 Å². The number of carbonyl (C=O) groups excluding carboxylic acids is 2. The molecular weight excluding hydrogens is 294 g/mol. The topological polar surface area (TPSA) is 72.9 Å². The van der Waals surface area contributed by atoms with E-state index in [1.807, 2.05) is 51.1 Å². The van der Waals surface area contributed by atoms with Crippen LogP contribution in [0.1, 0.15) is 39.3 Å². The average Bonchev–Trinajstić information content (AvgIpc) is 2.90. The van der Waals surface area contributed by atoms with E-state index in [1.54, 1.807) is 4.90 Å². The summed E-state index contributed by atoms with van der Waals surface area (Å²) < 4.78 is 0. The number of fused-ring (bicyclic) bond motifs is 1. The summed E-state index contributed by atoms with van der Waals surface area (Å²) in [6.45, 7) is 7.65. The van der Waals surface area contributed by atoms with Gasteiger partial charge in [0.2, 0.25) is 11.6 Å². The molecule has 0 bridgehead atoms. The SMILES string of the molecule is CC(=O)N1N[C@]2(O)C(=O)N(C(C)(C)C)C[C@@H]2[C@@H]1c1ccccc1. The number of amides is 2. The maximum atomic E-state index is 12.8. The molecule has 3 rings (SSSR count). The van der Waals surface area contributed by atoms with E-state index in [4.69, 9.17) is 0 Å². The van der Waals surface area contributed by atoms with Gasteiger partial charge in [0.05, 0.1) is 12.0 Å². The highest BCUT2D eigenvalue weighted by molar-refractivity contribution is 5.89. The number of likely N-dealkylation sites (tertiary alicyclic amines) is 1. The van der Waals surface area contributed by atoms with Crippen LogP contribution in [0.2, 0.25) is 0 Å². The molecule has 0 unspecified atom stereocenters. The van der Waals surface area contributed by atoms with E-state index < -0.39 is 11.6 Å². The zero-order chi connectivity index (χ0) is 17.0. The van der Waals surface area contributed by atoms with Crippen molar-refractivity contribution in [2.24, 2.45) is 5.92 Å². The number of nitrogens with one attached hydrogen (secondary N) is 1. The number of hydrogen-bond donors (Lipinski definition) is 2. The summed E-state index contributed by atoms with van der Waals surface area (Å²) in [4.78, 5) is 26.5. The quantitative estimate of drug-likeness (QED) is 0.812. The fourth-order valence-corrected chi connectivity index (χ4v) is 3.55. The van der Waals surface area contributed by atoms with E-state index in [-0.39, 0.29) is 23.4 Å². The molecule has 124 valence electrons. The Morgan fingerprint density at radius 1 is 1.30 bits per heavy atom. The number of hydrazine groups is 1. The Labute approximate surface area is 136 Å². The molecule has 6 heteroatoms. The molecule has 0 aliphatic carbocycles. The summed E-state index contributed by atoms with van der Waals surface area (Å²) in [6.07, 6.45) is 0. The van der Waals surface area contributed by atoms with Crippen LogP contribution in [0.15, 0.2) is 30.3 Å². The number of carbonyl (C=O) groups is 2. The van der Waals surface area contributed by atoms with Crippen molar-refractivity contribution in [2.45, 2.75) is 45.0 Å².